The van der Waals surface area contributed by atoms with Crippen LogP contribution in [0.1, 0.15) is 5.56 Å². The summed E-state index contributed by atoms with van der Waals surface area (Å²) in [7, 11) is -1.15. The van der Waals surface area contributed by atoms with E-state index in [1.807, 2.05) is 6.92 Å². The fraction of sp³-hybridized carbons (Fsp3) is 0.235. The SMILES string of the molecule is COc1ccc(S(=O)(=O)N(CC(N)=O)c2ccc(C)cc2)cc1OC. The molecular formula is C17H20N2O5S. The maximum absolute atomic E-state index is 13.0. The molecule has 1 amide bonds. The molecule has 0 saturated heterocycles. The van der Waals surface area contributed by atoms with Gasteiger partial charge in [0.1, 0.15) is 6.54 Å². The zero-order valence-electron chi connectivity index (χ0n) is 14.2. The zero-order valence-corrected chi connectivity index (χ0v) is 15.0. The summed E-state index contributed by atoms with van der Waals surface area (Å²) in [5.41, 5.74) is 6.56. The minimum Gasteiger partial charge on any atom is -0.493 e. The van der Waals surface area contributed by atoms with Crippen LogP contribution in [0.25, 0.3) is 0 Å². The quantitative estimate of drug-likeness (QED) is 0.806. The summed E-state index contributed by atoms with van der Waals surface area (Å²) < 4.78 is 37.3. The number of primary amides is 1. The lowest BCUT2D eigenvalue weighted by atomic mass is 10.2. The van der Waals surface area contributed by atoms with Crippen LogP contribution in [-0.4, -0.2) is 35.1 Å². The normalized spacial score (nSPS) is 11.0. The highest BCUT2D eigenvalue weighted by Crippen LogP contribution is 2.32. The van der Waals surface area contributed by atoms with Gasteiger partial charge in [-0.2, -0.15) is 0 Å². The standard InChI is InChI=1S/C17H20N2O5S/c1-12-4-6-13(7-5-12)19(11-17(18)20)25(21,22)14-8-9-15(23-2)16(10-14)24-3/h4-10H,11H2,1-3H3,(H2,18,20). The Balaban J connectivity index is 2.55. The third-order valence-electron chi connectivity index (χ3n) is 3.56. The van der Waals surface area contributed by atoms with Gasteiger partial charge in [0.2, 0.25) is 5.91 Å². The topological polar surface area (TPSA) is 98.9 Å². The number of ether oxygens (including phenoxy) is 2. The van der Waals surface area contributed by atoms with E-state index >= 15 is 0 Å². The summed E-state index contributed by atoms with van der Waals surface area (Å²) >= 11 is 0. The Morgan fingerprint density at radius 3 is 2.16 bits per heavy atom. The maximum Gasteiger partial charge on any atom is 0.264 e. The molecule has 0 fully saturated rings. The van der Waals surface area contributed by atoms with Crippen LogP contribution in [0.4, 0.5) is 5.69 Å². The molecule has 0 aromatic heterocycles. The molecule has 2 N–H and O–H groups in total. The highest BCUT2D eigenvalue weighted by atomic mass is 32.2. The van der Waals surface area contributed by atoms with Crippen LogP contribution in [0, 0.1) is 6.92 Å². The predicted octanol–water partition coefficient (Wildman–Crippen LogP) is 1.69. The number of carbonyl (C=O) groups excluding carboxylic acids is 1. The van der Waals surface area contributed by atoms with Gasteiger partial charge in [-0.1, -0.05) is 17.7 Å². The Kier molecular flexibility index (Phi) is 5.53. The van der Waals surface area contributed by atoms with Gasteiger partial charge in [0.15, 0.2) is 11.5 Å². The van der Waals surface area contributed by atoms with Crippen molar-refractivity contribution in [1.29, 1.82) is 0 Å². The van der Waals surface area contributed by atoms with Gasteiger partial charge in [0.05, 0.1) is 24.8 Å². The van der Waals surface area contributed by atoms with Crippen LogP contribution < -0.4 is 19.5 Å². The molecule has 2 aromatic rings. The smallest absolute Gasteiger partial charge is 0.264 e. The van der Waals surface area contributed by atoms with Gasteiger partial charge in [-0.3, -0.25) is 9.10 Å². The number of methoxy groups -OCH3 is 2. The summed E-state index contributed by atoms with van der Waals surface area (Å²) in [6.07, 6.45) is 0. The van der Waals surface area contributed by atoms with Crippen LogP contribution in [-0.2, 0) is 14.8 Å². The number of anilines is 1. The second-order valence-electron chi connectivity index (χ2n) is 5.33. The largest absolute Gasteiger partial charge is 0.493 e. The van der Waals surface area contributed by atoms with Crippen LogP contribution >= 0.6 is 0 Å². The molecule has 0 aliphatic carbocycles. The van der Waals surface area contributed by atoms with Crippen molar-refractivity contribution in [3.8, 4) is 11.5 Å². The summed E-state index contributed by atoms with van der Waals surface area (Å²) in [5.74, 6) is -0.0885. The van der Waals surface area contributed by atoms with E-state index < -0.39 is 22.5 Å². The molecule has 8 heteroatoms. The average Bonchev–Trinajstić information content (AvgIpc) is 2.59. The predicted molar refractivity (Wildman–Crippen MR) is 94.5 cm³/mol. The number of hydrogen-bond donors (Lipinski definition) is 1. The molecule has 0 aliphatic rings. The van der Waals surface area contributed by atoms with E-state index in [4.69, 9.17) is 15.2 Å². The van der Waals surface area contributed by atoms with E-state index in [-0.39, 0.29) is 10.6 Å². The van der Waals surface area contributed by atoms with Gasteiger partial charge in [-0.05, 0) is 31.2 Å². The van der Waals surface area contributed by atoms with E-state index in [1.165, 1.54) is 32.4 Å². The number of nitrogens with two attached hydrogens (primary N) is 1. The second kappa shape index (κ2) is 7.43. The monoisotopic (exact) mass is 364 g/mol. The van der Waals surface area contributed by atoms with Crippen molar-refractivity contribution in [3.05, 3.63) is 48.0 Å². The minimum absolute atomic E-state index is 0.0352. The third kappa shape index (κ3) is 4.03. The fourth-order valence-corrected chi connectivity index (χ4v) is 3.72. The maximum atomic E-state index is 13.0. The van der Waals surface area contributed by atoms with E-state index in [0.717, 1.165) is 9.87 Å². The summed E-state index contributed by atoms with van der Waals surface area (Å²) in [6.45, 7) is 1.41. The van der Waals surface area contributed by atoms with Crippen molar-refractivity contribution < 1.29 is 22.7 Å². The van der Waals surface area contributed by atoms with Crippen molar-refractivity contribution in [2.45, 2.75) is 11.8 Å². The highest BCUT2D eigenvalue weighted by molar-refractivity contribution is 7.92. The number of amides is 1. The van der Waals surface area contributed by atoms with Crippen molar-refractivity contribution in [2.24, 2.45) is 5.73 Å². The Hall–Kier alpha value is -2.74. The molecular weight excluding hydrogens is 344 g/mol. The Morgan fingerprint density at radius 2 is 1.64 bits per heavy atom. The van der Waals surface area contributed by atoms with Crippen LogP contribution in [0.3, 0.4) is 0 Å². The molecule has 134 valence electrons. The van der Waals surface area contributed by atoms with E-state index in [2.05, 4.69) is 0 Å². The Bertz CT molecular complexity index is 863. The zero-order chi connectivity index (χ0) is 18.6. The lowest BCUT2D eigenvalue weighted by Gasteiger charge is -2.23. The molecule has 0 saturated carbocycles. The molecule has 0 unspecified atom stereocenters. The van der Waals surface area contributed by atoms with Gasteiger partial charge in [0.25, 0.3) is 10.0 Å². The first kappa shape index (κ1) is 18.6. The fourth-order valence-electron chi connectivity index (χ4n) is 2.27. The average molecular weight is 364 g/mol. The van der Waals surface area contributed by atoms with Gasteiger partial charge < -0.3 is 15.2 Å². The third-order valence-corrected chi connectivity index (χ3v) is 5.33. The number of carbonyl (C=O) groups is 1. The molecule has 25 heavy (non-hydrogen) atoms. The first-order chi connectivity index (χ1) is 11.8. The minimum atomic E-state index is -4.02. The molecule has 0 atom stereocenters. The second-order valence-corrected chi connectivity index (χ2v) is 7.19. The summed E-state index contributed by atoms with van der Waals surface area (Å²) in [6, 6.07) is 11.0. The molecule has 0 heterocycles. The Morgan fingerprint density at radius 1 is 1.04 bits per heavy atom. The van der Waals surface area contributed by atoms with Gasteiger partial charge in [-0.15, -0.1) is 0 Å². The van der Waals surface area contributed by atoms with Crippen molar-refractivity contribution in [3.63, 3.8) is 0 Å². The van der Waals surface area contributed by atoms with Crippen molar-refractivity contribution in [1.82, 2.24) is 0 Å². The lowest BCUT2D eigenvalue weighted by Crippen LogP contribution is -2.38. The Labute approximate surface area is 147 Å². The molecule has 0 spiro atoms. The summed E-state index contributed by atoms with van der Waals surface area (Å²) in [5, 5.41) is 0. The number of aryl methyl sites for hydroxylation is 1. The van der Waals surface area contributed by atoms with E-state index in [9.17, 15) is 13.2 Å². The number of rotatable bonds is 7. The number of hydrogen-bond acceptors (Lipinski definition) is 5. The number of sulfonamides is 1. The van der Waals surface area contributed by atoms with Gasteiger partial charge >= 0.3 is 0 Å². The van der Waals surface area contributed by atoms with Crippen molar-refractivity contribution >= 4 is 21.6 Å². The van der Waals surface area contributed by atoms with E-state index in [1.54, 1.807) is 24.3 Å². The molecule has 2 rings (SSSR count). The van der Waals surface area contributed by atoms with Crippen LogP contribution in [0.5, 0.6) is 11.5 Å². The first-order valence-corrected chi connectivity index (χ1v) is 8.83. The molecule has 7 nitrogen and oxygen atoms in total. The number of nitrogens with zero attached hydrogens (tertiary/aromatic N) is 1. The molecule has 0 bridgehead atoms. The highest BCUT2D eigenvalue weighted by Gasteiger charge is 2.27. The number of benzene rings is 2. The molecule has 2 aromatic carbocycles. The van der Waals surface area contributed by atoms with Gasteiger partial charge in [0, 0.05) is 6.07 Å². The molecule has 0 aliphatic heterocycles. The summed E-state index contributed by atoms with van der Waals surface area (Å²) in [4.78, 5) is 11.4. The van der Waals surface area contributed by atoms with Crippen molar-refractivity contribution in [2.75, 3.05) is 25.1 Å². The van der Waals surface area contributed by atoms with Crippen LogP contribution in [0.2, 0.25) is 0 Å². The van der Waals surface area contributed by atoms with Gasteiger partial charge in [-0.25, -0.2) is 8.42 Å². The molecule has 0 radical (unpaired) electrons. The van der Waals surface area contributed by atoms with E-state index in [0.29, 0.717) is 11.4 Å². The van der Waals surface area contributed by atoms with Crippen LogP contribution in [0.15, 0.2) is 47.4 Å². The first-order valence-electron chi connectivity index (χ1n) is 7.39. The lowest BCUT2D eigenvalue weighted by molar-refractivity contribution is -0.116.